The highest BCUT2D eigenvalue weighted by Crippen LogP contribution is 2.51. The van der Waals surface area contributed by atoms with Gasteiger partial charge in [0.15, 0.2) is 0 Å². The van der Waals surface area contributed by atoms with Crippen molar-refractivity contribution < 1.29 is 28.3 Å². The lowest BCUT2D eigenvalue weighted by Gasteiger charge is -2.17. The van der Waals surface area contributed by atoms with E-state index in [0.29, 0.717) is 11.1 Å². The number of hydrogen-bond acceptors (Lipinski definition) is 5. The van der Waals surface area contributed by atoms with Gasteiger partial charge in [-0.2, -0.15) is 0 Å². The van der Waals surface area contributed by atoms with E-state index in [1.165, 1.54) is 6.08 Å². The van der Waals surface area contributed by atoms with Crippen molar-refractivity contribution in [3.05, 3.63) is 48.0 Å². The van der Waals surface area contributed by atoms with Crippen LogP contribution in [0.1, 0.15) is 36.2 Å². The van der Waals surface area contributed by atoms with Crippen LogP contribution in [-0.4, -0.2) is 36.2 Å². The Balaban J connectivity index is 2.81. The molecule has 2 N–H and O–H groups in total. The number of carboxylic acid groups (broad SMARTS) is 1. The summed E-state index contributed by atoms with van der Waals surface area (Å²) in [5.41, 5.74) is 1.00. The number of carbonyl (C=O) groups excluding carboxylic acids is 1. The molecule has 0 aromatic heterocycles. The summed E-state index contributed by atoms with van der Waals surface area (Å²) in [4.78, 5) is 23.2. The van der Waals surface area contributed by atoms with Crippen LogP contribution in [0.4, 0.5) is 0 Å². The maximum absolute atomic E-state index is 12.5. The molecule has 0 fully saturated rings. The molecule has 0 heterocycles. The average Bonchev–Trinajstić information content (AvgIpc) is 2.55. The molecule has 1 atom stereocenters. The number of benzene rings is 1. The number of nitrogens with one attached hydrogen (secondary N) is 1. The van der Waals surface area contributed by atoms with Gasteiger partial charge in [-0.3, -0.25) is 9.36 Å². The summed E-state index contributed by atoms with van der Waals surface area (Å²) in [7, 11) is -3.21. The molecule has 0 spiro atoms. The van der Waals surface area contributed by atoms with Gasteiger partial charge in [0.2, 0.25) is 0 Å². The van der Waals surface area contributed by atoms with Crippen LogP contribution >= 0.6 is 7.60 Å². The first kappa shape index (κ1) is 21.1. The van der Waals surface area contributed by atoms with Crippen LogP contribution in [0.2, 0.25) is 0 Å². The minimum Gasteiger partial charge on any atom is -0.480 e. The summed E-state index contributed by atoms with van der Waals surface area (Å²) in [6, 6.07) is 5.34. The van der Waals surface area contributed by atoms with Gasteiger partial charge in [-0.05, 0) is 38.0 Å². The number of carbonyl (C=O) groups is 2. The van der Waals surface area contributed by atoms with Gasteiger partial charge < -0.3 is 19.5 Å². The SMILES string of the molecule is C=CC[C@H](NC(=O)c1ccc(CP(=O)(OCC)OCC)cc1)C(=O)O. The Bertz CT molecular complexity index is 633. The van der Waals surface area contributed by atoms with Crippen LogP contribution in [0.15, 0.2) is 36.9 Å². The second-order valence-electron chi connectivity index (χ2n) is 5.19. The van der Waals surface area contributed by atoms with E-state index in [4.69, 9.17) is 14.2 Å². The molecule has 1 aromatic rings. The molecular formula is C17H24NO6P. The molecule has 1 amide bonds. The van der Waals surface area contributed by atoms with Crippen LogP contribution < -0.4 is 5.32 Å². The van der Waals surface area contributed by atoms with E-state index in [1.807, 2.05) is 0 Å². The van der Waals surface area contributed by atoms with Crippen molar-refractivity contribution in [2.45, 2.75) is 32.5 Å². The molecular weight excluding hydrogens is 345 g/mol. The highest BCUT2D eigenvalue weighted by Gasteiger charge is 2.24. The van der Waals surface area contributed by atoms with Gasteiger partial charge in [0.05, 0.1) is 19.4 Å². The van der Waals surface area contributed by atoms with Crippen molar-refractivity contribution in [2.75, 3.05) is 13.2 Å². The van der Waals surface area contributed by atoms with Crippen molar-refractivity contribution in [1.82, 2.24) is 5.32 Å². The molecule has 0 radical (unpaired) electrons. The lowest BCUT2D eigenvalue weighted by atomic mass is 10.1. The topological polar surface area (TPSA) is 102 Å². The summed E-state index contributed by atoms with van der Waals surface area (Å²) < 4.78 is 23.0. The monoisotopic (exact) mass is 369 g/mol. The minimum atomic E-state index is -3.21. The Morgan fingerprint density at radius 3 is 2.24 bits per heavy atom. The quantitative estimate of drug-likeness (QED) is 0.459. The average molecular weight is 369 g/mol. The van der Waals surface area contributed by atoms with Crippen molar-refractivity contribution in [3.63, 3.8) is 0 Å². The third-order valence-corrected chi connectivity index (χ3v) is 5.31. The van der Waals surface area contributed by atoms with Gasteiger partial charge in [-0.15, -0.1) is 6.58 Å². The van der Waals surface area contributed by atoms with Crippen LogP contribution in [0.5, 0.6) is 0 Å². The number of hydrogen-bond donors (Lipinski definition) is 2. The Morgan fingerprint density at radius 2 is 1.80 bits per heavy atom. The van der Waals surface area contributed by atoms with Gasteiger partial charge in [-0.25, -0.2) is 4.79 Å². The van der Waals surface area contributed by atoms with Gasteiger partial charge in [0.25, 0.3) is 5.91 Å². The third-order valence-electron chi connectivity index (χ3n) is 3.25. The first-order valence-electron chi connectivity index (χ1n) is 7.96. The first-order chi connectivity index (χ1) is 11.8. The molecule has 1 aromatic carbocycles. The van der Waals surface area contributed by atoms with Gasteiger partial charge in [0, 0.05) is 5.56 Å². The molecule has 0 unspecified atom stereocenters. The third kappa shape index (κ3) is 6.82. The van der Waals surface area contributed by atoms with Crippen molar-refractivity contribution in [3.8, 4) is 0 Å². The van der Waals surface area contributed by atoms with Gasteiger partial charge in [-0.1, -0.05) is 18.2 Å². The smallest absolute Gasteiger partial charge is 0.335 e. The number of aliphatic carboxylic acids is 1. The Morgan fingerprint density at radius 1 is 1.24 bits per heavy atom. The highest BCUT2D eigenvalue weighted by molar-refractivity contribution is 7.53. The van der Waals surface area contributed by atoms with Gasteiger partial charge in [0.1, 0.15) is 6.04 Å². The Hall–Kier alpha value is -1.95. The fourth-order valence-electron chi connectivity index (χ4n) is 2.14. The van der Waals surface area contributed by atoms with E-state index >= 15 is 0 Å². The molecule has 0 saturated heterocycles. The molecule has 0 aliphatic carbocycles. The van der Waals surface area contributed by atoms with E-state index < -0.39 is 25.5 Å². The van der Waals surface area contributed by atoms with E-state index in [2.05, 4.69) is 11.9 Å². The van der Waals surface area contributed by atoms with Crippen molar-refractivity contribution in [2.24, 2.45) is 0 Å². The summed E-state index contributed by atoms with van der Waals surface area (Å²) in [5.74, 6) is -1.63. The second kappa shape index (κ2) is 10.1. The normalized spacial score (nSPS) is 12.4. The summed E-state index contributed by atoms with van der Waals surface area (Å²) in [6.45, 7) is 7.50. The van der Waals surface area contributed by atoms with Crippen LogP contribution in [0.25, 0.3) is 0 Å². The zero-order valence-corrected chi connectivity index (χ0v) is 15.3. The number of amides is 1. The molecule has 7 nitrogen and oxygen atoms in total. The number of rotatable bonds is 11. The van der Waals surface area contributed by atoms with Crippen molar-refractivity contribution >= 4 is 19.5 Å². The van der Waals surface area contributed by atoms with Crippen LogP contribution in [0.3, 0.4) is 0 Å². The molecule has 0 bridgehead atoms. The fraction of sp³-hybridized carbons (Fsp3) is 0.412. The highest BCUT2D eigenvalue weighted by atomic mass is 31.2. The lowest BCUT2D eigenvalue weighted by molar-refractivity contribution is -0.139. The van der Waals surface area contributed by atoms with Crippen molar-refractivity contribution in [1.29, 1.82) is 0 Å². The molecule has 0 aliphatic rings. The van der Waals surface area contributed by atoms with E-state index in [9.17, 15) is 14.2 Å². The molecule has 25 heavy (non-hydrogen) atoms. The molecule has 1 rings (SSSR count). The molecule has 0 saturated carbocycles. The standard InChI is InChI=1S/C17H24NO6P/c1-4-7-15(17(20)21)18-16(19)14-10-8-13(9-11-14)12-25(22,23-5-2)24-6-3/h4,8-11,15H,1,5-7,12H2,2-3H3,(H,18,19)(H,20,21)/t15-/m0/s1. The van der Waals surface area contributed by atoms with Crippen LogP contribution in [-0.2, 0) is 24.6 Å². The zero-order chi connectivity index (χ0) is 18.9. The Kier molecular flexibility index (Phi) is 8.55. The van der Waals surface area contributed by atoms with E-state index in [0.717, 1.165) is 0 Å². The van der Waals surface area contributed by atoms with E-state index in [1.54, 1.807) is 38.1 Å². The maximum atomic E-state index is 12.5. The lowest BCUT2D eigenvalue weighted by Crippen LogP contribution is -2.40. The van der Waals surface area contributed by atoms with E-state index in [-0.39, 0.29) is 25.8 Å². The second-order valence-corrected chi connectivity index (χ2v) is 7.24. The molecule has 0 aliphatic heterocycles. The summed E-state index contributed by atoms with van der Waals surface area (Å²) in [5, 5.41) is 11.5. The predicted molar refractivity (Wildman–Crippen MR) is 94.7 cm³/mol. The fourth-order valence-corrected chi connectivity index (χ4v) is 3.84. The van der Waals surface area contributed by atoms with Gasteiger partial charge >= 0.3 is 13.6 Å². The maximum Gasteiger partial charge on any atom is 0.335 e. The number of carboxylic acids is 1. The predicted octanol–water partition coefficient (Wildman–Crippen LogP) is 3.21. The first-order valence-corrected chi connectivity index (χ1v) is 9.69. The zero-order valence-electron chi connectivity index (χ0n) is 14.4. The Labute approximate surface area is 147 Å². The summed E-state index contributed by atoms with van der Waals surface area (Å²) in [6.07, 6.45) is 1.66. The van der Waals surface area contributed by atoms with Crippen LogP contribution in [0, 0.1) is 0 Å². The molecule has 138 valence electrons. The summed E-state index contributed by atoms with van der Waals surface area (Å²) >= 11 is 0. The molecule has 8 heteroatoms. The largest absolute Gasteiger partial charge is 0.480 e. The minimum absolute atomic E-state index is 0.102.